The number of halogens is 1. The van der Waals surface area contributed by atoms with E-state index in [4.69, 9.17) is 16.3 Å². The van der Waals surface area contributed by atoms with Gasteiger partial charge in [0.15, 0.2) is 0 Å². The maximum atomic E-state index is 12.1. The summed E-state index contributed by atoms with van der Waals surface area (Å²) in [5.74, 6) is 0. The molecule has 1 unspecified atom stereocenters. The van der Waals surface area contributed by atoms with Gasteiger partial charge >= 0.3 is 6.09 Å². The summed E-state index contributed by atoms with van der Waals surface area (Å²) in [5.41, 5.74) is 0. The van der Waals surface area contributed by atoms with Crippen LogP contribution in [0.2, 0.25) is 5.02 Å². The van der Waals surface area contributed by atoms with Gasteiger partial charge in [-0.2, -0.15) is 0 Å². The lowest BCUT2D eigenvalue weighted by atomic mass is 10.3. The van der Waals surface area contributed by atoms with Gasteiger partial charge in [-0.15, -0.1) is 0 Å². The second-order valence-electron chi connectivity index (χ2n) is 5.06. The van der Waals surface area contributed by atoms with Gasteiger partial charge in [0.1, 0.15) is 6.10 Å². The summed E-state index contributed by atoms with van der Waals surface area (Å²) in [4.78, 5) is 13.2. The summed E-state index contributed by atoms with van der Waals surface area (Å²) in [5, 5.41) is 0.464. The Bertz CT molecular complexity index is 616. The van der Waals surface area contributed by atoms with E-state index >= 15 is 0 Å². The predicted molar refractivity (Wildman–Crippen MR) is 78.8 cm³/mol. The molecule has 0 saturated carbocycles. The van der Waals surface area contributed by atoms with E-state index in [1.807, 2.05) is 13.8 Å². The molecule has 0 radical (unpaired) electrons. The Morgan fingerprint density at radius 2 is 2.00 bits per heavy atom. The summed E-state index contributed by atoms with van der Waals surface area (Å²) in [7, 11) is -3.64. The minimum absolute atomic E-state index is 0.0235. The molecule has 0 spiro atoms. The normalized spacial score (nSPS) is 19.1. The minimum atomic E-state index is -3.64. The third-order valence-electron chi connectivity index (χ3n) is 3.15. The first-order chi connectivity index (χ1) is 9.79. The molecule has 8 heteroatoms. The van der Waals surface area contributed by atoms with Crippen LogP contribution in [0.3, 0.4) is 0 Å². The van der Waals surface area contributed by atoms with E-state index in [0.717, 1.165) is 0 Å². The van der Waals surface area contributed by atoms with Gasteiger partial charge in [-0.25, -0.2) is 17.9 Å². The molecule has 2 rings (SSSR count). The minimum Gasteiger partial charge on any atom is -0.443 e. The third kappa shape index (κ3) is 3.87. The summed E-state index contributed by atoms with van der Waals surface area (Å²) in [6.45, 7) is 4.17. The maximum absolute atomic E-state index is 12.1. The molecule has 1 N–H and O–H groups in total. The van der Waals surface area contributed by atoms with Crippen LogP contribution in [0.15, 0.2) is 29.2 Å². The Labute approximate surface area is 129 Å². The molecule has 1 aliphatic heterocycles. The smallest absolute Gasteiger partial charge is 0.410 e. The zero-order chi connectivity index (χ0) is 15.6. The average Bonchev–Trinajstić information content (AvgIpc) is 2.79. The molecule has 0 bridgehead atoms. The molecule has 0 aromatic heterocycles. The summed E-state index contributed by atoms with van der Waals surface area (Å²) in [6, 6.07) is 5.88. The van der Waals surface area contributed by atoms with Crippen LogP contribution >= 0.6 is 11.6 Å². The first-order valence-corrected chi connectivity index (χ1v) is 8.38. The first kappa shape index (κ1) is 16.1. The fourth-order valence-corrected chi connectivity index (χ4v) is 3.16. The number of nitrogens with zero attached hydrogens (tertiary/aromatic N) is 1. The van der Waals surface area contributed by atoms with Gasteiger partial charge in [0.2, 0.25) is 10.0 Å². The monoisotopic (exact) mass is 332 g/mol. The van der Waals surface area contributed by atoms with Crippen LogP contribution < -0.4 is 4.72 Å². The molecule has 0 aliphatic carbocycles. The highest BCUT2D eigenvalue weighted by molar-refractivity contribution is 7.89. The Balaban J connectivity index is 1.97. The Hall–Kier alpha value is -1.31. The van der Waals surface area contributed by atoms with E-state index in [1.165, 1.54) is 24.3 Å². The van der Waals surface area contributed by atoms with Crippen molar-refractivity contribution in [2.24, 2.45) is 0 Å². The SMILES string of the molecule is CC(C)N1CC(CNS(=O)(=O)c2ccc(Cl)cc2)OC1=O. The van der Waals surface area contributed by atoms with Gasteiger partial charge < -0.3 is 9.64 Å². The molecule has 1 saturated heterocycles. The van der Waals surface area contributed by atoms with E-state index in [1.54, 1.807) is 4.90 Å². The molecule has 1 aromatic carbocycles. The van der Waals surface area contributed by atoms with Crippen LogP contribution in [-0.2, 0) is 14.8 Å². The van der Waals surface area contributed by atoms with E-state index in [9.17, 15) is 13.2 Å². The standard InChI is InChI=1S/C13H17ClN2O4S/c1-9(2)16-8-11(20-13(16)17)7-15-21(18,19)12-5-3-10(14)4-6-12/h3-6,9,11,15H,7-8H2,1-2H3. The Morgan fingerprint density at radius 3 is 2.52 bits per heavy atom. The molecule has 1 atom stereocenters. The van der Waals surface area contributed by atoms with Crippen molar-refractivity contribution in [1.82, 2.24) is 9.62 Å². The number of hydrogen-bond acceptors (Lipinski definition) is 4. The molecule has 1 aliphatic rings. The lowest BCUT2D eigenvalue weighted by molar-refractivity contribution is 0.130. The van der Waals surface area contributed by atoms with Crippen LogP contribution in [0.1, 0.15) is 13.8 Å². The van der Waals surface area contributed by atoms with Crippen molar-refractivity contribution >= 4 is 27.7 Å². The average molecular weight is 333 g/mol. The van der Waals surface area contributed by atoms with Crippen LogP contribution in [0.25, 0.3) is 0 Å². The second-order valence-corrected chi connectivity index (χ2v) is 7.26. The van der Waals surface area contributed by atoms with Gasteiger partial charge in [-0.05, 0) is 38.1 Å². The highest BCUT2D eigenvalue weighted by atomic mass is 35.5. The van der Waals surface area contributed by atoms with Crippen molar-refractivity contribution in [1.29, 1.82) is 0 Å². The molecule has 1 aromatic rings. The van der Waals surface area contributed by atoms with Gasteiger partial charge in [0.05, 0.1) is 11.4 Å². The van der Waals surface area contributed by atoms with Gasteiger partial charge in [-0.1, -0.05) is 11.6 Å². The molecular weight excluding hydrogens is 316 g/mol. The van der Waals surface area contributed by atoms with Crippen molar-refractivity contribution < 1.29 is 17.9 Å². The van der Waals surface area contributed by atoms with Crippen LogP contribution in [-0.4, -0.2) is 44.6 Å². The Morgan fingerprint density at radius 1 is 1.38 bits per heavy atom. The first-order valence-electron chi connectivity index (χ1n) is 6.52. The van der Waals surface area contributed by atoms with Crippen molar-refractivity contribution in [3.05, 3.63) is 29.3 Å². The van der Waals surface area contributed by atoms with Crippen molar-refractivity contribution in [3.8, 4) is 0 Å². The molecule has 116 valence electrons. The topological polar surface area (TPSA) is 75.7 Å². The number of cyclic esters (lactones) is 1. The largest absolute Gasteiger partial charge is 0.443 e. The van der Waals surface area contributed by atoms with Gasteiger partial charge in [-0.3, -0.25) is 0 Å². The number of benzene rings is 1. The zero-order valence-electron chi connectivity index (χ0n) is 11.7. The lowest BCUT2D eigenvalue weighted by Crippen LogP contribution is -2.36. The highest BCUT2D eigenvalue weighted by Gasteiger charge is 2.33. The van der Waals surface area contributed by atoms with E-state index < -0.39 is 22.2 Å². The number of rotatable bonds is 5. The van der Waals surface area contributed by atoms with E-state index in [-0.39, 0.29) is 17.5 Å². The zero-order valence-corrected chi connectivity index (χ0v) is 13.3. The van der Waals surface area contributed by atoms with Crippen LogP contribution in [0.4, 0.5) is 4.79 Å². The fraction of sp³-hybridized carbons (Fsp3) is 0.462. The van der Waals surface area contributed by atoms with Gasteiger partial charge in [0.25, 0.3) is 0 Å². The molecule has 21 heavy (non-hydrogen) atoms. The number of ether oxygens (including phenoxy) is 1. The molecule has 1 heterocycles. The molecular formula is C13H17ClN2O4S. The number of nitrogens with one attached hydrogen (secondary N) is 1. The van der Waals surface area contributed by atoms with Gasteiger partial charge in [0, 0.05) is 17.6 Å². The molecule has 6 nitrogen and oxygen atoms in total. The van der Waals surface area contributed by atoms with E-state index in [2.05, 4.69) is 4.72 Å². The number of carbonyl (C=O) groups excluding carboxylic acids is 1. The molecule has 1 fully saturated rings. The summed E-state index contributed by atoms with van der Waals surface area (Å²) < 4.78 is 31.7. The number of carbonyl (C=O) groups is 1. The number of sulfonamides is 1. The lowest BCUT2D eigenvalue weighted by Gasteiger charge is -2.16. The quantitative estimate of drug-likeness (QED) is 0.892. The fourth-order valence-electron chi connectivity index (χ4n) is 1.97. The van der Waals surface area contributed by atoms with Crippen molar-refractivity contribution in [2.45, 2.75) is 30.9 Å². The predicted octanol–water partition coefficient (Wildman–Crippen LogP) is 1.85. The van der Waals surface area contributed by atoms with Crippen molar-refractivity contribution in [2.75, 3.05) is 13.1 Å². The second kappa shape index (κ2) is 6.21. The van der Waals surface area contributed by atoms with E-state index in [0.29, 0.717) is 11.6 Å². The van der Waals surface area contributed by atoms with Crippen LogP contribution in [0, 0.1) is 0 Å². The molecule has 1 amide bonds. The highest BCUT2D eigenvalue weighted by Crippen LogP contribution is 2.16. The maximum Gasteiger partial charge on any atom is 0.410 e. The third-order valence-corrected chi connectivity index (χ3v) is 4.84. The van der Waals surface area contributed by atoms with Crippen LogP contribution in [0.5, 0.6) is 0 Å². The number of amides is 1. The number of hydrogen-bond donors (Lipinski definition) is 1. The Kier molecular flexibility index (Phi) is 4.75. The van der Waals surface area contributed by atoms with Crippen molar-refractivity contribution in [3.63, 3.8) is 0 Å². The summed E-state index contributed by atoms with van der Waals surface area (Å²) in [6.07, 6.45) is -0.900. The summed E-state index contributed by atoms with van der Waals surface area (Å²) >= 11 is 5.73.